The second kappa shape index (κ2) is 5.82. The van der Waals surface area contributed by atoms with Gasteiger partial charge < -0.3 is 9.84 Å². The van der Waals surface area contributed by atoms with Crippen LogP contribution in [0.2, 0.25) is 10.0 Å². The van der Waals surface area contributed by atoms with Crippen molar-refractivity contribution in [3.05, 3.63) is 56.5 Å². The maximum atomic E-state index is 10.8. The number of benzene rings is 2. The van der Waals surface area contributed by atoms with Crippen LogP contribution in [0.1, 0.15) is 10.4 Å². The van der Waals surface area contributed by atoms with Crippen molar-refractivity contribution in [2.24, 2.45) is 0 Å². The number of carboxylic acids is 1. The Labute approximate surface area is 127 Å². The molecular weight excluding hydrogens is 355 g/mol. The first-order valence-corrected chi connectivity index (χ1v) is 6.68. The zero-order chi connectivity index (χ0) is 14.0. The average Bonchev–Trinajstić information content (AvgIpc) is 2.32. The molecule has 0 atom stereocenters. The molecule has 1 N–H and O–H groups in total. The fourth-order valence-corrected chi connectivity index (χ4v) is 2.43. The Morgan fingerprint density at radius 2 is 1.89 bits per heavy atom. The van der Waals surface area contributed by atoms with Crippen molar-refractivity contribution in [3.63, 3.8) is 0 Å². The van der Waals surface area contributed by atoms with E-state index in [0.29, 0.717) is 21.0 Å². The van der Waals surface area contributed by atoms with Gasteiger partial charge in [-0.05, 0) is 46.3 Å². The summed E-state index contributed by atoms with van der Waals surface area (Å²) >= 11 is 15.0. The maximum Gasteiger partial charge on any atom is 0.337 e. The average molecular weight is 362 g/mol. The molecule has 0 aliphatic carbocycles. The lowest BCUT2D eigenvalue weighted by molar-refractivity contribution is 0.0697. The molecule has 6 heteroatoms. The van der Waals surface area contributed by atoms with E-state index >= 15 is 0 Å². The first-order chi connectivity index (χ1) is 8.97. The highest BCUT2D eigenvalue weighted by Gasteiger charge is 2.10. The van der Waals surface area contributed by atoms with Crippen molar-refractivity contribution in [3.8, 4) is 11.5 Å². The molecule has 0 saturated carbocycles. The molecule has 0 radical (unpaired) electrons. The smallest absolute Gasteiger partial charge is 0.337 e. The van der Waals surface area contributed by atoms with E-state index < -0.39 is 5.97 Å². The zero-order valence-corrected chi connectivity index (χ0v) is 12.5. The van der Waals surface area contributed by atoms with Crippen LogP contribution in [0.15, 0.2) is 40.9 Å². The molecule has 0 bridgehead atoms. The summed E-state index contributed by atoms with van der Waals surface area (Å²) in [6.45, 7) is 0. The number of ether oxygens (including phenoxy) is 1. The Morgan fingerprint density at radius 1 is 1.16 bits per heavy atom. The number of rotatable bonds is 3. The Kier molecular flexibility index (Phi) is 4.34. The van der Waals surface area contributed by atoms with Gasteiger partial charge in [-0.3, -0.25) is 0 Å². The Balaban J connectivity index is 2.29. The van der Waals surface area contributed by atoms with Gasteiger partial charge >= 0.3 is 5.97 Å². The summed E-state index contributed by atoms with van der Waals surface area (Å²) in [5, 5.41) is 9.58. The van der Waals surface area contributed by atoms with Crippen molar-refractivity contribution in [1.29, 1.82) is 0 Å². The van der Waals surface area contributed by atoms with Gasteiger partial charge in [-0.1, -0.05) is 23.2 Å². The van der Waals surface area contributed by atoms with Crippen LogP contribution in [-0.2, 0) is 0 Å². The van der Waals surface area contributed by atoms with E-state index in [2.05, 4.69) is 15.9 Å². The lowest BCUT2D eigenvalue weighted by atomic mass is 10.2. The Bertz CT molecular complexity index is 644. The van der Waals surface area contributed by atoms with E-state index in [1.807, 2.05) is 0 Å². The summed E-state index contributed by atoms with van der Waals surface area (Å²) < 4.78 is 6.29. The van der Waals surface area contributed by atoms with E-state index in [9.17, 15) is 4.79 Å². The Hall–Kier alpha value is -1.23. The van der Waals surface area contributed by atoms with E-state index in [-0.39, 0.29) is 10.6 Å². The van der Waals surface area contributed by atoms with Gasteiger partial charge in [0.05, 0.1) is 15.1 Å². The third-order valence-corrected chi connectivity index (χ3v) is 3.46. The normalized spacial score (nSPS) is 10.3. The third-order valence-electron chi connectivity index (χ3n) is 2.29. The molecule has 0 amide bonds. The molecular formula is C13H7BrCl2O3. The fourth-order valence-electron chi connectivity index (χ4n) is 1.42. The quantitative estimate of drug-likeness (QED) is 0.812. The molecule has 0 spiro atoms. The largest absolute Gasteiger partial charge is 0.478 e. The SMILES string of the molecule is O=C(O)c1ccc(Oc2ccc(Cl)cc2Br)cc1Cl. The van der Waals surface area contributed by atoms with E-state index in [1.165, 1.54) is 18.2 Å². The summed E-state index contributed by atoms with van der Waals surface area (Å²) in [4.78, 5) is 10.8. The topological polar surface area (TPSA) is 46.5 Å². The van der Waals surface area contributed by atoms with Crippen LogP contribution in [-0.4, -0.2) is 11.1 Å². The third kappa shape index (κ3) is 3.41. The lowest BCUT2D eigenvalue weighted by Gasteiger charge is -2.09. The molecule has 2 aromatic rings. The first kappa shape index (κ1) is 14.2. The van der Waals surface area contributed by atoms with Crippen molar-refractivity contribution >= 4 is 45.1 Å². The monoisotopic (exact) mass is 360 g/mol. The summed E-state index contributed by atoms with van der Waals surface area (Å²) in [5.41, 5.74) is 0.0317. The molecule has 0 saturated heterocycles. The van der Waals surface area contributed by atoms with Crippen LogP contribution in [0.3, 0.4) is 0 Å². The van der Waals surface area contributed by atoms with Crippen LogP contribution >= 0.6 is 39.1 Å². The number of carboxylic acid groups (broad SMARTS) is 1. The fraction of sp³-hybridized carbons (Fsp3) is 0. The van der Waals surface area contributed by atoms with Crippen molar-refractivity contribution < 1.29 is 14.6 Å². The van der Waals surface area contributed by atoms with Gasteiger partial charge in [0.25, 0.3) is 0 Å². The predicted molar refractivity (Wildman–Crippen MR) is 77.6 cm³/mol. The molecule has 0 fully saturated rings. The minimum absolute atomic E-state index is 0.0317. The molecule has 2 aromatic carbocycles. The number of hydrogen-bond donors (Lipinski definition) is 1. The minimum atomic E-state index is -1.08. The molecule has 0 unspecified atom stereocenters. The molecule has 2 rings (SSSR count). The first-order valence-electron chi connectivity index (χ1n) is 5.13. The van der Waals surface area contributed by atoms with Crippen LogP contribution in [0, 0.1) is 0 Å². The summed E-state index contributed by atoms with van der Waals surface area (Å²) in [6, 6.07) is 9.47. The second-order valence-corrected chi connectivity index (χ2v) is 5.32. The Morgan fingerprint density at radius 3 is 2.47 bits per heavy atom. The number of halogens is 3. The summed E-state index contributed by atoms with van der Waals surface area (Å²) in [5.74, 6) is -0.0780. The zero-order valence-electron chi connectivity index (χ0n) is 9.36. The molecule has 98 valence electrons. The van der Waals surface area contributed by atoms with Crippen LogP contribution in [0.25, 0.3) is 0 Å². The maximum absolute atomic E-state index is 10.8. The molecule has 0 aliphatic heterocycles. The summed E-state index contributed by atoms with van der Waals surface area (Å²) in [6.07, 6.45) is 0. The van der Waals surface area contributed by atoms with E-state index in [0.717, 1.165) is 0 Å². The molecule has 0 aromatic heterocycles. The van der Waals surface area contributed by atoms with Crippen LogP contribution < -0.4 is 4.74 Å². The second-order valence-electron chi connectivity index (χ2n) is 3.62. The van der Waals surface area contributed by atoms with E-state index in [4.69, 9.17) is 33.0 Å². The van der Waals surface area contributed by atoms with Crippen molar-refractivity contribution in [2.75, 3.05) is 0 Å². The standard InChI is InChI=1S/C13H7BrCl2O3/c14-10-5-7(15)1-4-12(10)19-8-2-3-9(13(17)18)11(16)6-8/h1-6H,(H,17,18). The van der Waals surface area contributed by atoms with Crippen LogP contribution in [0.4, 0.5) is 0 Å². The van der Waals surface area contributed by atoms with Gasteiger partial charge in [-0.2, -0.15) is 0 Å². The van der Waals surface area contributed by atoms with Gasteiger partial charge in [-0.15, -0.1) is 0 Å². The molecule has 0 heterocycles. The number of aromatic carboxylic acids is 1. The van der Waals surface area contributed by atoms with Gasteiger partial charge in [0, 0.05) is 11.1 Å². The summed E-state index contributed by atoms with van der Waals surface area (Å²) in [7, 11) is 0. The lowest BCUT2D eigenvalue weighted by Crippen LogP contribution is -1.97. The number of hydrogen-bond acceptors (Lipinski definition) is 2. The molecule has 0 aliphatic rings. The number of carbonyl (C=O) groups is 1. The highest BCUT2D eigenvalue weighted by molar-refractivity contribution is 9.10. The highest BCUT2D eigenvalue weighted by atomic mass is 79.9. The van der Waals surface area contributed by atoms with Crippen molar-refractivity contribution in [2.45, 2.75) is 0 Å². The van der Waals surface area contributed by atoms with E-state index in [1.54, 1.807) is 18.2 Å². The van der Waals surface area contributed by atoms with Gasteiger partial charge in [0.2, 0.25) is 0 Å². The molecule has 19 heavy (non-hydrogen) atoms. The van der Waals surface area contributed by atoms with Gasteiger partial charge in [0.1, 0.15) is 11.5 Å². The van der Waals surface area contributed by atoms with Crippen LogP contribution in [0.5, 0.6) is 11.5 Å². The van der Waals surface area contributed by atoms with Gasteiger partial charge in [-0.25, -0.2) is 4.79 Å². The molecule has 3 nitrogen and oxygen atoms in total. The highest BCUT2D eigenvalue weighted by Crippen LogP contribution is 2.33. The van der Waals surface area contributed by atoms with Crippen molar-refractivity contribution in [1.82, 2.24) is 0 Å². The van der Waals surface area contributed by atoms with Gasteiger partial charge in [0.15, 0.2) is 0 Å². The predicted octanol–water partition coefficient (Wildman–Crippen LogP) is 5.25. The minimum Gasteiger partial charge on any atom is -0.478 e.